The van der Waals surface area contributed by atoms with Crippen molar-refractivity contribution in [1.29, 1.82) is 0 Å². The molecule has 0 aliphatic rings. The van der Waals surface area contributed by atoms with Gasteiger partial charge in [-0.05, 0) is 17.7 Å². The highest BCUT2D eigenvalue weighted by atomic mass is 16.5. The summed E-state index contributed by atoms with van der Waals surface area (Å²) in [5.74, 6) is 0.760. The van der Waals surface area contributed by atoms with Crippen LogP contribution in [0.1, 0.15) is 5.56 Å². The summed E-state index contributed by atoms with van der Waals surface area (Å²) in [6, 6.07) is 7.56. The topological polar surface area (TPSA) is 61.4 Å². The second-order valence-corrected chi connectivity index (χ2v) is 4.10. The molecule has 6 heteroatoms. The van der Waals surface area contributed by atoms with E-state index in [0.29, 0.717) is 12.2 Å². The van der Waals surface area contributed by atoms with Crippen molar-refractivity contribution in [3.63, 3.8) is 0 Å². The minimum absolute atomic E-state index is 0.180. The summed E-state index contributed by atoms with van der Waals surface area (Å²) in [6.07, 6.45) is 4.72. The third kappa shape index (κ3) is 2.08. The van der Waals surface area contributed by atoms with Crippen molar-refractivity contribution in [2.45, 2.75) is 6.54 Å². The number of ether oxygens (including phenoxy) is 1. The Morgan fingerprint density at radius 2 is 2.26 bits per heavy atom. The monoisotopic (exact) mass is 256 g/mol. The molecule has 0 aliphatic heterocycles. The predicted octanol–water partition coefficient (Wildman–Crippen LogP) is 0.948. The number of rotatable bonds is 3. The Hall–Kier alpha value is -2.63. The molecule has 0 saturated carbocycles. The molecule has 1 aromatic carbocycles. The molecule has 2 heterocycles. The quantitative estimate of drug-likeness (QED) is 0.700. The molecule has 0 bridgehead atoms. The van der Waals surface area contributed by atoms with Gasteiger partial charge in [-0.3, -0.25) is 4.98 Å². The van der Waals surface area contributed by atoms with Gasteiger partial charge in [0.2, 0.25) is 0 Å². The van der Waals surface area contributed by atoms with Crippen molar-refractivity contribution < 1.29 is 4.74 Å². The molecule has 0 radical (unpaired) electrons. The molecule has 19 heavy (non-hydrogen) atoms. The highest BCUT2D eigenvalue weighted by Gasteiger charge is 2.07. The van der Waals surface area contributed by atoms with Crippen LogP contribution in [0.2, 0.25) is 0 Å². The Bertz CT molecular complexity index is 775. The van der Waals surface area contributed by atoms with Gasteiger partial charge in [-0.1, -0.05) is 12.1 Å². The van der Waals surface area contributed by atoms with Crippen molar-refractivity contribution in [2.75, 3.05) is 7.11 Å². The Balaban J connectivity index is 2.01. The average Bonchev–Trinajstić information content (AvgIpc) is 2.76. The maximum Gasteiger partial charge on any atom is 0.350 e. The van der Waals surface area contributed by atoms with E-state index >= 15 is 0 Å². The van der Waals surface area contributed by atoms with Crippen LogP contribution < -0.4 is 10.4 Å². The van der Waals surface area contributed by atoms with E-state index in [-0.39, 0.29) is 5.69 Å². The van der Waals surface area contributed by atoms with Crippen molar-refractivity contribution in [2.24, 2.45) is 0 Å². The third-order valence-corrected chi connectivity index (χ3v) is 2.86. The lowest BCUT2D eigenvalue weighted by Gasteiger charge is -2.03. The van der Waals surface area contributed by atoms with Crippen molar-refractivity contribution in [3.8, 4) is 5.75 Å². The average molecular weight is 256 g/mol. The van der Waals surface area contributed by atoms with Crippen molar-refractivity contribution in [1.82, 2.24) is 19.2 Å². The molecule has 0 atom stereocenters. The fourth-order valence-corrected chi connectivity index (χ4v) is 1.93. The maximum atomic E-state index is 12.1. The molecule has 6 nitrogen and oxygen atoms in total. The molecule has 0 aliphatic carbocycles. The molecular weight excluding hydrogens is 244 g/mol. The first-order chi connectivity index (χ1) is 9.28. The molecule has 0 amide bonds. The van der Waals surface area contributed by atoms with Crippen LogP contribution in [0.15, 0.2) is 47.7 Å². The maximum absolute atomic E-state index is 12.1. The van der Waals surface area contributed by atoms with Gasteiger partial charge in [0.15, 0.2) is 5.65 Å². The van der Waals surface area contributed by atoms with Crippen LogP contribution in [0.5, 0.6) is 5.75 Å². The first kappa shape index (κ1) is 11.5. The fourth-order valence-electron chi connectivity index (χ4n) is 1.93. The van der Waals surface area contributed by atoms with Gasteiger partial charge in [-0.25, -0.2) is 13.9 Å². The lowest BCUT2D eigenvalue weighted by atomic mass is 10.2. The number of hydrogen-bond acceptors (Lipinski definition) is 4. The molecule has 0 spiro atoms. The summed E-state index contributed by atoms with van der Waals surface area (Å²) in [5.41, 5.74) is 1.31. The molecule has 0 unspecified atom stereocenters. The molecule has 0 N–H and O–H groups in total. The van der Waals surface area contributed by atoms with Crippen molar-refractivity contribution >= 4 is 5.65 Å². The SMILES string of the molecule is COc1cccc(Cn2nc3cnccn3c2=O)c1. The van der Waals surface area contributed by atoms with Crippen LogP contribution >= 0.6 is 0 Å². The van der Waals surface area contributed by atoms with E-state index in [1.165, 1.54) is 9.08 Å². The number of benzene rings is 1. The minimum atomic E-state index is -0.180. The van der Waals surface area contributed by atoms with E-state index < -0.39 is 0 Å². The van der Waals surface area contributed by atoms with Crippen LogP contribution in [0.25, 0.3) is 5.65 Å². The normalized spacial score (nSPS) is 10.8. The summed E-state index contributed by atoms with van der Waals surface area (Å²) < 4.78 is 8.03. The number of nitrogens with zero attached hydrogens (tertiary/aromatic N) is 4. The van der Waals surface area contributed by atoms with Crippen LogP contribution in [-0.2, 0) is 6.54 Å². The Labute approximate surface area is 108 Å². The molecule has 3 rings (SSSR count). The summed E-state index contributed by atoms with van der Waals surface area (Å²) in [4.78, 5) is 16.0. The van der Waals surface area contributed by atoms with Gasteiger partial charge in [-0.15, -0.1) is 5.10 Å². The van der Waals surface area contributed by atoms with Crippen LogP contribution in [0.3, 0.4) is 0 Å². The number of aromatic nitrogens is 4. The first-order valence-electron chi connectivity index (χ1n) is 5.80. The van der Waals surface area contributed by atoms with Crippen LogP contribution in [-0.4, -0.2) is 26.3 Å². The van der Waals surface area contributed by atoms with E-state index in [2.05, 4.69) is 10.1 Å². The van der Waals surface area contributed by atoms with Crippen molar-refractivity contribution in [3.05, 3.63) is 58.9 Å². The lowest BCUT2D eigenvalue weighted by molar-refractivity contribution is 0.414. The lowest BCUT2D eigenvalue weighted by Crippen LogP contribution is -2.21. The van der Waals surface area contributed by atoms with Gasteiger partial charge in [0.1, 0.15) is 5.75 Å². The zero-order valence-electron chi connectivity index (χ0n) is 10.4. The van der Waals surface area contributed by atoms with E-state index in [4.69, 9.17) is 4.74 Å². The highest BCUT2D eigenvalue weighted by molar-refractivity contribution is 5.33. The van der Waals surface area contributed by atoms with E-state index in [1.807, 2.05) is 24.3 Å². The van der Waals surface area contributed by atoms with Gasteiger partial charge in [0, 0.05) is 12.4 Å². The molecule has 2 aromatic heterocycles. The van der Waals surface area contributed by atoms with Crippen LogP contribution in [0.4, 0.5) is 0 Å². The van der Waals surface area contributed by atoms with E-state index in [0.717, 1.165) is 11.3 Å². The number of fused-ring (bicyclic) bond motifs is 1. The second kappa shape index (κ2) is 4.56. The number of hydrogen-bond donors (Lipinski definition) is 0. The molecular formula is C13H12N4O2. The first-order valence-corrected chi connectivity index (χ1v) is 5.80. The minimum Gasteiger partial charge on any atom is -0.497 e. The zero-order valence-corrected chi connectivity index (χ0v) is 10.4. The van der Waals surface area contributed by atoms with E-state index in [9.17, 15) is 4.79 Å². The Morgan fingerprint density at radius 3 is 3.05 bits per heavy atom. The van der Waals surface area contributed by atoms with Gasteiger partial charge >= 0.3 is 5.69 Å². The smallest absolute Gasteiger partial charge is 0.350 e. The predicted molar refractivity (Wildman–Crippen MR) is 69.3 cm³/mol. The van der Waals surface area contributed by atoms with Crippen LogP contribution in [0, 0.1) is 0 Å². The molecule has 0 fully saturated rings. The fraction of sp³-hybridized carbons (Fsp3) is 0.154. The summed E-state index contributed by atoms with van der Waals surface area (Å²) >= 11 is 0. The summed E-state index contributed by atoms with van der Waals surface area (Å²) in [7, 11) is 1.61. The number of methoxy groups -OCH3 is 1. The largest absolute Gasteiger partial charge is 0.497 e. The summed E-state index contributed by atoms with van der Waals surface area (Å²) in [6.45, 7) is 0.401. The van der Waals surface area contributed by atoms with Gasteiger partial charge < -0.3 is 4.74 Å². The van der Waals surface area contributed by atoms with Gasteiger partial charge in [0.25, 0.3) is 0 Å². The molecule has 0 saturated heterocycles. The molecule has 3 aromatic rings. The molecule has 96 valence electrons. The highest BCUT2D eigenvalue weighted by Crippen LogP contribution is 2.12. The van der Waals surface area contributed by atoms with E-state index in [1.54, 1.807) is 25.7 Å². The zero-order chi connectivity index (χ0) is 13.2. The second-order valence-electron chi connectivity index (χ2n) is 4.10. The third-order valence-electron chi connectivity index (χ3n) is 2.86. The Morgan fingerprint density at radius 1 is 1.37 bits per heavy atom. The summed E-state index contributed by atoms with van der Waals surface area (Å²) in [5, 5.41) is 4.23. The Kier molecular flexibility index (Phi) is 2.75. The standard InChI is InChI=1S/C13H12N4O2/c1-19-11-4-2-3-10(7-11)9-17-13(18)16-6-5-14-8-12(16)15-17/h2-8H,9H2,1H3. The van der Waals surface area contributed by atoms with Gasteiger partial charge in [0.05, 0.1) is 19.9 Å². The van der Waals surface area contributed by atoms with Gasteiger partial charge in [-0.2, -0.15) is 0 Å².